The number of hydrogen-bond donors (Lipinski definition) is 3. The Hall–Kier alpha value is -3.58. The number of carbonyl (C=O) groups is 1. The first-order valence-corrected chi connectivity index (χ1v) is 13.2. The predicted molar refractivity (Wildman–Crippen MR) is 139 cm³/mol. The Morgan fingerprint density at radius 2 is 2.00 bits per heavy atom. The molecular formula is C26H30F3N7O3. The Kier molecular flexibility index (Phi) is 6.71. The summed E-state index contributed by atoms with van der Waals surface area (Å²) in [6.45, 7) is 7.21. The lowest BCUT2D eigenvalue weighted by atomic mass is 10.0. The minimum atomic E-state index is -4.55. The van der Waals surface area contributed by atoms with Gasteiger partial charge in [-0.05, 0) is 25.5 Å². The number of amides is 1. The van der Waals surface area contributed by atoms with Gasteiger partial charge in [-0.25, -0.2) is 0 Å². The third kappa shape index (κ3) is 4.84. The number of aromatic nitrogens is 3. The lowest BCUT2D eigenvalue weighted by Gasteiger charge is -2.32. The van der Waals surface area contributed by atoms with Crippen LogP contribution in [0.2, 0.25) is 0 Å². The van der Waals surface area contributed by atoms with E-state index in [0.29, 0.717) is 55.7 Å². The van der Waals surface area contributed by atoms with Gasteiger partial charge in [-0.2, -0.15) is 23.1 Å². The van der Waals surface area contributed by atoms with Crippen molar-refractivity contribution < 1.29 is 27.4 Å². The highest BCUT2D eigenvalue weighted by Crippen LogP contribution is 2.40. The summed E-state index contributed by atoms with van der Waals surface area (Å²) in [5.41, 5.74) is 1.21. The number of morpholine rings is 1. The summed E-state index contributed by atoms with van der Waals surface area (Å²) in [5.74, 6) is 0.712. The molecule has 39 heavy (non-hydrogen) atoms. The number of anilines is 3. The number of rotatable bonds is 6. The third-order valence-electron chi connectivity index (χ3n) is 7.53. The van der Waals surface area contributed by atoms with E-state index in [1.165, 1.54) is 0 Å². The van der Waals surface area contributed by atoms with Crippen LogP contribution in [0.15, 0.2) is 18.3 Å². The van der Waals surface area contributed by atoms with Crippen LogP contribution in [0.5, 0.6) is 5.75 Å². The topological polar surface area (TPSA) is 108 Å². The Labute approximate surface area is 222 Å². The van der Waals surface area contributed by atoms with Gasteiger partial charge in [0.1, 0.15) is 17.2 Å². The summed E-state index contributed by atoms with van der Waals surface area (Å²) < 4.78 is 51.9. The van der Waals surface area contributed by atoms with E-state index in [9.17, 15) is 18.0 Å². The van der Waals surface area contributed by atoms with Crippen molar-refractivity contribution in [2.45, 2.75) is 32.0 Å². The number of carbonyl (C=O) groups excluding carboxylic acids is 1. The number of alkyl halides is 3. The fourth-order valence-corrected chi connectivity index (χ4v) is 5.66. The number of ether oxygens (including phenoxy) is 2. The van der Waals surface area contributed by atoms with E-state index in [0.717, 1.165) is 44.5 Å². The fraction of sp³-hybridized carbons (Fsp3) is 0.500. The number of halogens is 3. The van der Waals surface area contributed by atoms with Crippen LogP contribution in [0.1, 0.15) is 34.8 Å². The summed E-state index contributed by atoms with van der Waals surface area (Å²) in [5, 5.41) is 5.89. The summed E-state index contributed by atoms with van der Waals surface area (Å²) in [6.07, 6.45) is -2.13. The second-order valence-electron chi connectivity index (χ2n) is 9.88. The molecule has 0 aliphatic carbocycles. The number of aromatic amines is 1. The van der Waals surface area contributed by atoms with Gasteiger partial charge in [-0.15, -0.1) is 0 Å². The molecule has 3 aliphatic heterocycles. The molecule has 2 fully saturated rings. The van der Waals surface area contributed by atoms with E-state index >= 15 is 0 Å². The van der Waals surface area contributed by atoms with E-state index in [1.807, 2.05) is 4.90 Å². The van der Waals surface area contributed by atoms with Gasteiger partial charge in [0.05, 0.1) is 36.5 Å². The Morgan fingerprint density at radius 3 is 2.77 bits per heavy atom. The number of hydrogen-bond acceptors (Lipinski definition) is 8. The van der Waals surface area contributed by atoms with Crippen LogP contribution in [0.25, 0.3) is 11.0 Å². The highest BCUT2D eigenvalue weighted by molar-refractivity contribution is 5.98. The molecule has 3 N–H and O–H groups in total. The van der Waals surface area contributed by atoms with Crippen molar-refractivity contribution in [3.8, 4) is 5.75 Å². The molecule has 1 aromatic carbocycles. The van der Waals surface area contributed by atoms with Gasteiger partial charge in [0, 0.05) is 62.5 Å². The van der Waals surface area contributed by atoms with Crippen molar-refractivity contribution in [2.24, 2.45) is 0 Å². The lowest BCUT2D eigenvalue weighted by Crippen LogP contribution is -2.45. The number of H-pyrrole nitrogens is 1. The zero-order valence-electron chi connectivity index (χ0n) is 21.5. The maximum absolute atomic E-state index is 13.5. The highest BCUT2D eigenvalue weighted by atomic mass is 19.4. The molecule has 2 saturated heterocycles. The second kappa shape index (κ2) is 10.2. The summed E-state index contributed by atoms with van der Waals surface area (Å²) in [6, 6.07) is 3.86. The van der Waals surface area contributed by atoms with E-state index in [-0.39, 0.29) is 28.7 Å². The van der Waals surface area contributed by atoms with Crippen molar-refractivity contribution >= 4 is 34.4 Å². The normalized spacial score (nSPS) is 19.8. The molecule has 0 radical (unpaired) electrons. The quantitative estimate of drug-likeness (QED) is 0.431. The van der Waals surface area contributed by atoms with E-state index < -0.39 is 11.7 Å². The molecule has 1 atom stereocenters. The smallest absolute Gasteiger partial charge is 0.418 e. The number of nitrogens with one attached hydrogen (secondary N) is 3. The van der Waals surface area contributed by atoms with Gasteiger partial charge in [0.2, 0.25) is 5.95 Å². The van der Waals surface area contributed by atoms with Crippen LogP contribution in [-0.4, -0.2) is 89.2 Å². The summed E-state index contributed by atoms with van der Waals surface area (Å²) in [7, 11) is 0. The Morgan fingerprint density at radius 1 is 1.18 bits per heavy atom. The largest absolute Gasteiger partial charge is 0.491 e. The lowest BCUT2D eigenvalue weighted by molar-refractivity contribution is -0.136. The third-order valence-corrected chi connectivity index (χ3v) is 7.53. The molecule has 1 amide bonds. The maximum Gasteiger partial charge on any atom is 0.418 e. The minimum Gasteiger partial charge on any atom is -0.491 e. The molecule has 10 nitrogen and oxygen atoms in total. The van der Waals surface area contributed by atoms with Crippen molar-refractivity contribution in [2.75, 3.05) is 63.2 Å². The Balaban J connectivity index is 1.25. The fourth-order valence-electron chi connectivity index (χ4n) is 5.66. The first-order chi connectivity index (χ1) is 18.8. The molecule has 208 valence electrons. The van der Waals surface area contributed by atoms with Crippen molar-refractivity contribution in [3.63, 3.8) is 0 Å². The summed E-state index contributed by atoms with van der Waals surface area (Å²) in [4.78, 5) is 29.1. The SMILES string of the molecule is CCNc1nc(Nc2ccc(C(=O)N3CC[C@H](N4CCOCC4)C3)c3c2OCC3)nc2[nH]cc(C(F)(F)F)c12. The zero-order chi connectivity index (χ0) is 27.1. The molecule has 3 aliphatic rings. The van der Waals surface area contributed by atoms with Crippen LogP contribution in [0.4, 0.5) is 30.6 Å². The van der Waals surface area contributed by atoms with Crippen LogP contribution < -0.4 is 15.4 Å². The standard InChI is InChI=1S/C26H30F3N7O3/c1-2-30-22-20-18(26(27,28)29)13-31-23(20)34-25(33-22)32-19-4-3-17(16-6-10-39-21(16)19)24(37)36-7-5-15(14-36)35-8-11-38-12-9-35/h3-4,13,15H,2,5-12,14H2,1H3,(H3,30,31,32,33,34)/t15-/m0/s1. The van der Waals surface area contributed by atoms with E-state index in [2.05, 4.69) is 30.5 Å². The average Bonchev–Trinajstić information content (AvgIpc) is 3.69. The maximum atomic E-state index is 13.5. The molecule has 0 saturated carbocycles. The number of likely N-dealkylation sites (tertiary alicyclic amines) is 1. The van der Waals surface area contributed by atoms with Crippen LogP contribution in [0.3, 0.4) is 0 Å². The van der Waals surface area contributed by atoms with E-state index in [4.69, 9.17) is 9.47 Å². The first kappa shape index (κ1) is 25.7. The van der Waals surface area contributed by atoms with Gasteiger partial charge >= 0.3 is 6.18 Å². The molecule has 0 bridgehead atoms. The molecule has 6 rings (SSSR count). The summed E-state index contributed by atoms with van der Waals surface area (Å²) >= 11 is 0. The highest BCUT2D eigenvalue weighted by Gasteiger charge is 2.36. The number of fused-ring (bicyclic) bond motifs is 2. The molecule has 3 aromatic rings. The molecule has 2 aromatic heterocycles. The number of nitrogens with zero attached hydrogens (tertiary/aromatic N) is 4. The van der Waals surface area contributed by atoms with Gasteiger partial charge in [0.25, 0.3) is 5.91 Å². The van der Waals surface area contributed by atoms with Gasteiger partial charge in [-0.3, -0.25) is 9.69 Å². The minimum absolute atomic E-state index is 0.0165. The van der Waals surface area contributed by atoms with Crippen LogP contribution >= 0.6 is 0 Å². The molecule has 13 heteroatoms. The molecular weight excluding hydrogens is 515 g/mol. The molecule has 0 unspecified atom stereocenters. The zero-order valence-corrected chi connectivity index (χ0v) is 21.5. The van der Waals surface area contributed by atoms with Crippen LogP contribution in [0, 0.1) is 0 Å². The van der Waals surface area contributed by atoms with Gasteiger partial charge < -0.3 is 30.0 Å². The van der Waals surface area contributed by atoms with Gasteiger partial charge in [0.15, 0.2) is 0 Å². The predicted octanol–water partition coefficient (Wildman–Crippen LogP) is 3.63. The molecule has 0 spiro atoms. The van der Waals surface area contributed by atoms with Crippen molar-refractivity contribution in [1.29, 1.82) is 0 Å². The Bertz CT molecular complexity index is 1390. The van der Waals surface area contributed by atoms with Crippen molar-refractivity contribution in [3.05, 3.63) is 35.0 Å². The van der Waals surface area contributed by atoms with Crippen LogP contribution in [-0.2, 0) is 17.3 Å². The van der Waals surface area contributed by atoms with E-state index in [1.54, 1.807) is 19.1 Å². The second-order valence-corrected chi connectivity index (χ2v) is 9.88. The average molecular weight is 546 g/mol. The van der Waals surface area contributed by atoms with Crippen molar-refractivity contribution in [1.82, 2.24) is 24.8 Å². The van der Waals surface area contributed by atoms with Gasteiger partial charge in [-0.1, -0.05) is 0 Å². The molecule has 5 heterocycles. The first-order valence-electron chi connectivity index (χ1n) is 13.2. The monoisotopic (exact) mass is 545 g/mol. The number of benzene rings is 1.